The quantitative estimate of drug-likeness (QED) is 0.633. The largest absolute Gasteiger partial charge is 0.330 e. The molecule has 0 aliphatic carbocycles. The normalized spacial score (nSPS) is 12.3. The lowest BCUT2D eigenvalue weighted by molar-refractivity contribution is 0.569. The summed E-state index contributed by atoms with van der Waals surface area (Å²) >= 11 is 0. The van der Waals surface area contributed by atoms with E-state index in [0.717, 1.165) is 25.7 Å². The number of unbranched alkanes of at least 4 members (excludes halogenated alkanes) is 2. The molecule has 0 saturated heterocycles. The first-order chi connectivity index (χ1) is 6.48. The molecule has 0 aromatic heterocycles. The minimum Gasteiger partial charge on any atom is -0.330 e. The summed E-state index contributed by atoms with van der Waals surface area (Å²) < 4.78 is 22.9. The van der Waals surface area contributed by atoms with Gasteiger partial charge >= 0.3 is 0 Å². The van der Waals surface area contributed by atoms with Crippen molar-refractivity contribution in [3.63, 3.8) is 0 Å². The van der Waals surface area contributed by atoms with E-state index in [1.807, 2.05) is 13.8 Å². The van der Waals surface area contributed by atoms with Crippen molar-refractivity contribution in [1.29, 1.82) is 0 Å². The van der Waals surface area contributed by atoms with Gasteiger partial charge in [0.05, 0.1) is 11.5 Å². The summed E-state index contributed by atoms with van der Waals surface area (Å²) in [5.74, 6) is 1.14. The van der Waals surface area contributed by atoms with Crippen molar-refractivity contribution in [3.8, 4) is 0 Å². The van der Waals surface area contributed by atoms with Gasteiger partial charge in [-0.05, 0) is 31.7 Å². The van der Waals surface area contributed by atoms with Gasteiger partial charge in [-0.15, -0.1) is 0 Å². The standard InChI is InChI=1S/C10H23NO2S/c1-10(2)6-9-14(12,13)8-5-3-4-7-11/h10H,3-9,11H2,1-2H3. The predicted octanol–water partition coefficient (Wildman–Crippen LogP) is 1.58. The Kier molecular flexibility index (Phi) is 7.19. The van der Waals surface area contributed by atoms with Crippen LogP contribution < -0.4 is 5.73 Å². The molecule has 0 aromatic rings. The number of sulfone groups is 1. The van der Waals surface area contributed by atoms with E-state index >= 15 is 0 Å². The Bertz CT molecular complexity index is 222. The van der Waals surface area contributed by atoms with Crippen molar-refractivity contribution in [2.45, 2.75) is 39.5 Å². The second-order valence-corrected chi connectivity index (χ2v) is 6.49. The van der Waals surface area contributed by atoms with Gasteiger partial charge in [0, 0.05) is 0 Å². The van der Waals surface area contributed by atoms with Crippen LogP contribution >= 0.6 is 0 Å². The Balaban J connectivity index is 3.62. The molecule has 0 spiro atoms. The molecule has 0 unspecified atom stereocenters. The summed E-state index contributed by atoms with van der Waals surface area (Å²) in [4.78, 5) is 0. The number of hydrogen-bond donors (Lipinski definition) is 1. The van der Waals surface area contributed by atoms with E-state index in [-0.39, 0.29) is 0 Å². The van der Waals surface area contributed by atoms with E-state index in [4.69, 9.17) is 5.73 Å². The monoisotopic (exact) mass is 221 g/mol. The highest BCUT2D eigenvalue weighted by molar-refractivity contribution is 7.91. The average Bonchev–Trinajstić information content (AvgIpc) is 2.10. The molecule has 0 amide bonds. The van der Waals surface area contributed by atoms with Crippen molar-refractivity contribution in [2.24, 2.45) is 11.7 Å². The molecule has 0 atom stereocenters. The lowest BCUT2D eigenvalue weighted by atomic mass is 10.2. The molecule has 86 valence electrons. The molecular formula is C10H23NO2S. The van der Waals surface area contributed by atoms with E-state index in [1.165, 1.54) is 0 Å². The van der Waals surface area contributed by atoms with Gasteiger partial charge in [0.1, 0.15) is 9.84 Å². The van der Waals surface area contributed by atoms with E-state index in [2.05, 4.69) is 0 Å². The molecule has 2 N–H and O–H groups in total. The van der Waals surface area contributed by atoms with Gasteiger partial charge in [-0.25, -0.2) is 8.42 Å². The van der Waals surface area contributed by atoms with E-state index in [0.29, 0.717) is 24.0 Å². The predicted molar refractivity (Wildman–Crippen MR) is 61.0 cm³/mol. The van der Waals surface area contributed by atoms with Gasteiger partial charge in [-0.2, -0.15) is 0 Å². The zero-order chi connectivity index (χ0) is 11.0. The Morgan fingerprint density at radius 2 is 1.71 bits per heavy atom. The molecule has 0 fully saturated rings. The van der Waals surface area contributed by atoms with Crippen molar-refractivity contribution in [3.05, 3.63) is 0 Å². The van der Waals surface area contributed by atoms with Gasteiger partial charge in [-0.3, -0.25) is 0 Å². The van der Waals surface area contributed by atoms with Crippen LogP contribution in [0.4, 0.5) is 0 Å². The Hall–Kier alpha value is -0.0900. The summed E-state index contributed by atoms with van der Waals surface area (Å²) in [5, 5.41) is 0. The van der Waals surface area contributed by atoms with E-state index in [9.17, 15) is 8.42 Å². The van der Waals surface area contributed by atoms with Gasteiger partial charge in [0.25, 0.3) is 0 Å². The smallest absolute Gasteiger partial charge is 0.150 e. The van der Waals surface area contributed by atoms with Crippen LogP contribution in [0.15, 0.2) is 0 Å². The molecule has 4 heteroatoms. The number of hydrogen-bond acceptors (Lipinski definition) is 3. The maximum Gasteiger partial charge on any atom is 0.150 e. The topological polar surface area (TPSA) is 60.2 Å². The summed E-state index contributed by atoms with van der Waals surface area (Å²) in [6.45, 7) is 4.75. The van der Waals surface area contributed by atoms with Gasteiger partial charge in [0.15, 0.2) is 0 Å². The van der Waals surface area contributed by atoms with Crippen LogP contribution in [0.1, 0.15) is 39.5 Å². The lowest BCUT2D eigenvalue weighted by Crippen LogP contribution is -2.13. The second-order valence-electron chi connectivity index (χ2n) is 4.18. The van der Waals surface area contributed by atoms with Gasteiger partial charge in [0.2, 0.25) is 0 Å². The molecular weight excluding hydrogens is 198 g/mol. The molecule has 0 aromatic carbocycles. The zero-order valence-electron chi connectivity index (χ0n) is 9.33. The van der Waals surface area contributed by atoms with Crippen LogP contribution in [-0.4, -0.2) is 26.5 Å². The van der Waals surface area contributed by atoms with Gasteiger partial charge < -0.3 is 5.73 Å². The van der Waals surface area contributed by atoms with Crippen LogP contribution in [0.2, 0.25) is 0 Å². The van der Waals surface area contributed by atoms with Crippen LogP contribution in [0.3, 0.4) is 0 Å². The lowest BCUT2D eigenvalue weighted by Gasteiger charge is -2.06. The number of rotatable bonds is 8. The Labute approximate surface area is 88.0 Å². The van der Waals surface area contributed by atoms with Crippen molar-refractivity contribution in [2.75, 3.05) is 18.1 Å². The minimum atomic E-state index is -2.80. The number of nitrogens with two attached hydrogens (primary N) is 1. The summed E-state index contributed by atoms with van der Waals surface area (Å²) in [6, 6.07) is 0. The molecule has 14 heavy (non-hydrogen) atoms. The van der Waals surface area contributed by atoms with Crippen LogP contribution in [0, 0.1) is 5.92 Å². The average molecular weight is 221 g/mol. The summed E-state index contributed by atoms with van der Waals surface area (Å²) in [6.07, 6.45) is 3.40. The third-order valence-corrected chi connectivity index (χ3v) is 3.93. The van der Waals surface area contributed by atoms with Crippen molar-refractivity contribution in [1.82, 2.24) is 0 Å². The first-order valence-electron chi connectivity index (χ1n) is 5.38. The first kappa shape index (κ1) is 13.9. The maximum absolute atomic E-state index is 11.5. The molecule has 0 aliphatic heterocycles. The van der Waals surface area contributed by atoms with Crippen LogP contribution in [0.25, 0.3) is 0 Å². The fourth-order valence-corrected chi connectivity index (χ4v) is 2.84. The van der Waals surface area contributed by atoms with Crippen molar-refractivity contribution < 1.29 is 8.42 Å². The molecule has 0 bridgehead atoms. The van der Waals surface area contributed by atoms with Crippen LogP contribution in [-0.2, 0) is 9.84 Å². The highest BCUT2D eigenvalue weighted by Gasteiger charge is 2.10. The highest BCUT2D eigenvalue weighted by atomic mass is 32.2. The van der Waals surface area contributed by atoms with Gasteiger partial charge in [-0.1, -0.05) is 20.3 Å². The highest BCUT2D eigenvalue weighted by Crippen LogP contribution is 2.06. The van der Waals surface area contributed by atoms with Crippen molar-refractivity contribution >= 4 is 9.84 Å². The molecule has 0 aliphatic rings. The Morgan fingerprint density at radius 3 is 2.21 bits per heavy atom. The molecule has 0 radical (unpaired) electrons. The minimum absolute atomic E-state index is 0.333. The molecule has 0 saturated carbocycles. The SMILES string of the molecule is CC(C)CCS(=O)(=O)CCCCCN. The fourth-order valence-electron chi connectivity index (χ4n) is 1.16. The Morgan fingerprint density at radius 1 is 1.07 bits per heavy atom. The molecule has 0 heterocycles. The van der Waals surface area contributed by atoms with Crippen LogP contribution in [0.5, 0.6) is 0 Å². The summed E-state index contributed by atoms with van der Waals surface area (Å²) in [5.41, 5.74) is 5.33. The summed E-state index contributed by atoms with van der Waals surface area (Å²) in [7, 11) is -2.80. The third-order valence-electron chi connectivity index (χ3n) is 2.17. The fraction of sp³-hybridized carbons (Fsp3) is 1.00. The second kappa shape index (κ2) is 7.23. The zero-order valence-corrected chi connectivity index (χ0v) is 10.1. The van der Waals surface area contributed by atoms with E-state index < -0.39 is 9.84 Å². The molecule has 3 nitrogen and oxygen atoms in total. The third kappa shape index (κ3) is 8.51. The molecule has 0 rings (SSSR count). The first-order valence-corrected chi connectivity index (χ1v) is 7.20. The van der Waals surface area contributed by atoms with E-state index in [1.54, 1.807) is 0 Å². The maximum atomic E-state index is 11.5.